The number of rotatable bonds is 16. The van der Waals surface area contributed by atoms with E-state index in [1.807, 2.05) is 18.2 Å². The van der Waals surface area contributed by atoms with Crippen molar-refractivity contribution in [1.29, 1.82) is 0 Å². The number of carbonyl (C=O) groups is 2. The van der Waals surface area contributed by atoms with Gasteiger partial charge in [0.25, 0.3) is 0 Å². The largest absolute Gasteiger partial charge is 0.393 e. The van der Waals surface area contributed by atoms with E-state index in [0.29, 0.717) is 49.7 Å². The van der Waals surface area contributed by atoms with Crippen molar-refractivity contribution in [3.8, 4) is 11.1 Å². The van der Waals surface area contributed by atoms with Crippen LogP contribution in [0.1, 0.15) is 74.6 Å². The number of hydrogen-bond acceptors (Lipinski definition) is 11. The smallest absolute Gasteiger partial charge is 0.390 e. The second-order valence-electron chi connectivity index (χ2n) is 18.3. The van der Waals surface area contributed by atoms with Crippen LogP contribution in [-0.4, -0.2) is 139 Å². The molecular weight excluding hydrogens is 842 g/mol. The number of imide groups is 1. The van der Waals surface area contributed by atoms with Gasteiger partial charge in [-0.3, -0.25) is 38.7 Å². The summed E-state index contributed by atoms with van der Waals surface area (Å²) in [6, 6.07) is 14.6. The van der Waals surface area contributed by atoms with Crippen molar-refractivity contribution in [2.75, 3.05) is 70.9 Å². The van der Waals surface area contributed by atoms with E-state index in [4.69, 9.17) is 4.74 Å². The predicted octanol–water partition coefficient (Wildman–Crippen LogP) is 5.02. The van der Waals surface area contributed by atoms with Crippen LogP contribution in [0.2, 0.25) is 0 Å². The zero-order chi connectivity index (χ0) is 45.2. The van der Waals surface area contributed by atoms with Crippen LogP contribution in [0.25, 0.3) is 33.2 Å². The Hall–Kier alpha value is -5.14. The van der Waals surface area contributed by atoms with Crippen molar-refractivity contribution < 1.29 is 32.6 Å². The second kappa shape index (κ2) is 19.4. The van der Waals surface area contributed by atoms with E-state index in [-0.39, 0.29) is 42.7 Å². The number of nitrogens with zero attached hydrogens (tertiary/aromatic N) is 8. The van der Waals surface area contributed by atoms with Gasteiger partial charge in [-0.2, -0.15) is 18.2 Å². The van der Waals surface area contributed by atoms with E-state index >= 15 is 0 Å². The fraction of sp³-hybridized carbons (Fsp3) is 0.553. The number of anilines is 1. The van der Waals surface area contributed by atoms with Gasteiger partial charge in [-0.1, -0.05) is 30.3 Å². The van der Waals surface area contributed by atoms with Gasteiger partial charge in [0.2, 0.25) is 17.8 Å². The first-order chi connectivity index (χ1) is 31.4. The Morgan fingerprint density at radius 2 is 1.65 bits per heavy atom. The highest BCUT2D eigenvalue weighted by Gasteiger charge is 2.34. The minimum absolute atomic E-state index is 0.136. The Morgan fingerprint density at radius 3 is 2.38 bits per heavy atom. The highest BCUT2D eigenvalue weighted by molar-refractivity contribution is 6.00. The lowest BCUT2D eigenvalue weighted by Gasteiger charge is -2.48. The predicted molar refractivity (Wildman–Crippen MR) is 240 cm³/mol. The van der Waals surface area contributed by atoms with Crippen LogP contribution >= 0.6 is 0 Å². The number of nitrogens with one attached hydrogen (secondary N) is 2. The zero-order valence-electron chi connectivity index (χ0n) is 36.9. The maximum Gasteiger partial charge on any atom is 0.390 e. The third kappa shape index (κ3) is 10.3. The molecule has 1 aliphatic carbocycles. The van der Waals surface area contributed by atoms with Crippen LogP contribution in [0.3, 0.4) is 0 Å². The number of ether oxygens (including phenoxy) is 1. The van der Waals surface area contributed by atoms with E-state index in [1.54, 1.807) is 17.8 Å². The summed E-state index contributed by atoms with van der Waals surface area (Å²) in [5.74, 6) is -0.560. The maximum atomic E-state index is 13.1. The number of fused-ring (bicyclic) bond motifs is 2. The quantitative estimate of drug-likeness (QED) is 0.0904. The number of halogens is 3. The van der Waals surface area contributed by atoms with Crippen LogP contribution in [0.4, 0.5) is 19.1 Å². The molecule has 348 valence electrons. The minimum atomic E-state index is -4.26. The number of hydrogen-bond donors (Lipinski definition) is 3. The van der Waals surface area contributed by atoms with Gasteiger partial charge in [-0.15, -0.1) is 0 Å². The monoisotopic (exact) mass is 900 g/mol. The fourth-order valence-electron chi connectivity index (χ4n) is 10.0. The molecular formula is C47H59F3N10O5. The molecule has 3 N–H and O–H groups in total. The number of imidazole rings is 1. The summed E-state index contributed by atoms with van der Waals surface area (Å²) in [5.41, 5.74) is 6.25. The fourth-order valence-corrected chi connectivity index (χ4v) is 10.0. The number of carbonyl (C=O) groups excluding carboxylic acids is 2. The molecule has 9 rings (SSSR count). The zero-order valence-corrected chi connectivity index (χ0v) is 36.9. The second-order valence-corrected chi connectivity index (χ2v) is 18.3. The van der Waals surface area contributed by atoms with Crippen molar-refractivity contribution >= 4 is 39.8 Å². The molecule has 2 aromatic carbocycles. The molecule has 3 aliphatic heterocycles. The molecule has 3 saturated heterocycles. The molecule has 4 fully saturated rings. The number of aliphatic hydroxyl groups excluding tert-OH is 1. The summed E-state index contributed by atoms with van der Waals surface area (Å²) in [5, 5.41) is 16.1. The third-order valence-electron chi connectivity index (χ3n) is 13.8. The number of alkyl halides is 3. The molecule has 15 nitrogen and oxygen atoms in total. The van der Waals surface area contributed by atoms with Crippen LogP contribution < -0.4 is 16.3 Å². The number of aromatic nitrogens is 5. The number of aliphatic hydroxyl groups is 1. The van der Waals surface area contributed by atoms with E-state index in [2.05, 4.69) is 70.3 Å². The molecule has 4 aliphatic rings. The Balaban J connectivity index is 0.697. The van der Waals surface area contributed by atoms with Crippen molar-refractivity contribution in [2.45, 2.75) is 94.7 Å². The van der Waals surface area contributed by atoms with Gasteiger partial charge in [-0.25, -0.2) is 9.78 Å². The number of benzene rings is 2. The first kappa shape index (κ1) is 45.0. The number of piperazine rings is 1. The van der Waals surface area contributed by atoms with Crippen molar-refractivity contribution in [3.63, 3.8) is 0 Å². The standard InChI is InChI=1S/C47H59F3N10O5/c1-55-41-25-31(6-13-39(41)60(46(55)64)40-14-15-42(62)53-44(40)63)3-2-23-65-24-22-57-28-35(29-57)58-20-18-56(19-21-58)27-32-4-7-33(8-5-32)38-30-59(34-9-11-36(61)12-10-34)43-37(38)26-52-45(54-43)51-17-16-47(48,49)50/h4-8,13,25-26,30,34-36,40,61H,2-3,9-12,14-24,27-29H2,1H3,(H,51,52,54)(H,53,62,63)/t34?,36?,40-/m0/s1. The molecule has 65 heavy (non-hydrogen) atoms. The maximum absolute atomic E-state index is 13.1. The van der Waals surface area contributed by atoms with Crippen molar-refractivity contribution in [1.82, 2.24) is 43.7 Å². The Bertz CT molecular complexity index is 2530. The molecule has 6 heterocycles. The first-order valence-electron chi connectivity index (χ1n) is 23.1. The van der Waals surface area contributed by atoms with Gasteiger partial charge in [-0.05, 0) is 73.8 Å². The third-order valence-corrected chi connectivity index (χ3v) is 13.8. The average Bonchev–Trinajstić information content (AvgIpc) is 3.76. The molecule has 1 atom stereocenters. The molecule has 0 radical (unpaired) electrons. The van der Waals surface area contributed by atoms with Gasteiger partial charge in [0.1, 0.15) is 11.7 Å². The van der Waals surface area contributed by atoms with Gasteiger partial charge in [0.15, 0.2) is 0 Å². The molecule has 3 aromatic heterocycles. The summed E-state index contributed by atoms with van der Waals surface area (Å²) in [6.45, 7) is 9.05. The topological polar surface area (TPSA) is 155 Å². The molecule has 0 spiro atoms. The number of piperidine rings is 1. The lowest BCUT2D eigenvalue weighted by atomic mass is 9.93. The summed E-state index contributed by atoms with van der Waals surface area (Å²) >= 11 is 0. The molecule has 1 saturated carbocycles. The number of likely N-dealkylation sites (tertiary alicyclic amines) is 1. The summed E-state index contributed by atoms with van der Waals surface area (Å²) in [6.07, 6.45) is 3.46. The molecule has 0 unspecified atom stereocenters. The normalized spacial score (nSPS) is 21.9. The van der Waals surface area contributed by atoms with E-state index in [9.17, 15) is 32.7 Å². The van der Waals surface area contributed by atoms with Crippen molar-refractivity contribution in [3.05, 3.63) is 76.5 Å². The number of aryl methyl sites for hydroxylation is 2. The van der Waals surface area contributed by atoms with Gasteiger partial charge in [0.05, 0.1) is 30.2 Å². The number of amides is 2. The lowest BCUT2D eigenvalue weighted by Crippen LogP contribution is -2.63. The van der Waals surface area contributed by atoms with E-state index < -0.39 is 24.5 Å². The highest BCUT2D eigenvalue weighted by atomic mass is 19.4. The summed E-state index contributed by atoms with van der Waals surface area (Å²) < 4.78 is 49.6. The van der Waals surface area contributed by atoms with Gasteiger partial charge >= 0.3 is 11.9 Å². The van der Waals surface area contributed by atoms with Crippen molar-refractivity contribution in [2.24, 2.45) is 7.05 Å². The Kier molecular flexibility index (Phi) is 13.4. The SMILES string of the molecule is Cn1c(=O)n([C@H]2CCC(=O)NC2=O)c2ccc(CCCOCCN3CC(N4CCN(Cc5ccc(-c6cn(C7CCC(O)CC7)c7nc(NCCC(F)(F)F)ncc67)cc5)CC4)C3)cc21. The molecule has 0 bridgehead atoms. The Morgan fingerprint density at radius 1 is 0.892 bits per heavy atom. The van der Waals surface area contributed by atoms with Crippen LogP contribution in [0, 0.1) is 0 Å². The van der Waals surface area contributed by atoms with E-state index in [0.717, 1.165) is 106 Å². The Labute approximate surface area is 375 Å². The molecule has 18 heteroatoms. The highest BCUT2D eigenvalue weighted by Crippen LogP contribution is 2.37. The molecule has 2 amide bonds. The summed E-state index contributed by atoms with van der Waals surface area (Å²) in [4.78, 5) is 53.9. The summed E-state index contributed by atoms with van der Waals surface area (Å²) in [7, 11) is 1.71. The average molecular weight is 901 g/mol. The van der Waals surface area contributed by atoms with Crippen LogP contribution in [0.5, 0.6) is 0 Å². The molecule has 5 aromatic rings. The van der Waals surface area contributed by atoms with Crippen LogP contribution in [0.15, 0.2) is 59.7 Å². The van der Waals surface area contributed by atoms with Crippen LogP contribution in [-0.2, 0) is 34.3 Å². The van der Waals surface area contributed by atoms with E-state index in [1.165, 1.54) is 10.1 Å². The lowest BCUT2D eigenvalue weighted by molar-refractivity contribution is -0.136. The van der Waals surface area contributed by atoms with Gasteiger partial charge < -0.3 is 19.7 Å². The van der Waals surface area contributed by atoms with Gasteiger partial charge in [0, 0.05) is 114 Å². The minimum Gasteiger partial charge on any atom is -0.393 e. The first-order valence-corrected chi connectivity index (χ1v) is 23.1.